The molecule has 0 unspecified atom stereocenters. The predicted octanol–water partition coefficient (Wildman–Crippen LogP) is 4.24. The number of hydrogen-bond donors (Lipinski definition) is 0. The van der Waals surface area contributed by atoms with Gasteiger partial charge in [0.1, 0.15) is 0 Å². The lowest BCUT2D eigenvalue weighted by molar-refractivity contribution is -0.128. The minimum absolute atomic E-state index is 0.0486. The number of carbonyl (C=O) groups is 2. The molecule has 7 rings (SSSR count). The lowest BCUT2D eigenvalue weighted by atomic mass is 10.1. The van der Waals surface area contributed by atoms with Crippen LogP contribution in [0, 0.1) is 0 Å². The number of amides is 2. The van der Waals surface area contributed by atoms with Crippen LogP contribution >= 0.6 is 23.5 Å². The van der Waals surface area contributed by atoms with Gasteiger partial charge in [0.25, 0.3) is 0 Å². The van der Waals surface area contributed by atoms with E-state index in [1.54, 1.807) is 0 Å². The molecule has 26 heavy (non-hydrogen) atoms. The van der Waals surface area contributed by atoms with Gasteiger partial charge in [0.15, 0.2) is 0 Å². The molecule has 0 atom stereocenters. The summed E-state index contributed by atoms with van der Waals surface area (Å²) in [5.41, 5.74) is 3.95. The highest BCUT2D eigenvalue weighted by molar-refractivity contribution is 8.02. The third kappa shape index (κ3) is 3.62. The average Bonchev–Trinajstić information content (AvgIpc) is 2.66. The van der Waals surface area contributed by atoms with Crippen molar-refractivity contribution in [3.05, 3.63) is 59.7 Å². The Morgan fingerprint density at radius 3 is 1.38 bits per heavy atom. The molecular formula is C20H20N2O2S2. The molecule has 5 aliphatic heterocycles. The van der Waals surface area contributed by atoms with Crippen LogP contribution in [0.25, 0.3) is 0 Å². The van der Waals surface area contributed by atoms with Crippen LogP contribution in [0.1, 0.15) is 24.0 Å². The molecule has 5 heterocycles. The van der Waals surface area contributed by atoms with Gasteiger partial charge in [0, 0.05) is 35.9 Å². The molecule has 0 radical (unpaired) electrons. The molecule has 2 amide bonds. The van der Waals surface area contributed by atoms with Crippen molar-refractivity contribution in [3.8, 4) is 0 Å². The van der Waals surface area contributed by atoms with E-state index in [0.717, 1.165) is 34.4 Å². The fraction of sp³-hybridized carbons (Fsp3) is 0.300. The van der Waals surface area contributed by atoms with Crippen molar-refractivity contribution in [2.75, 3.05) is 21.5 Å². The van der Waals surface area contributed by atoms with Gasteiger partial charge in [0.2, 0.25) is 11.8 Å². The molecule has 1 saturated heterocycles. The Balaban J connectivity index is 1.76. The summed E-state index contributed by atoms with van der Waals surface area (Å²) >= 11 is 3.85. The van der Waals surface area contributed by atoms with Crippen molar-refractivity contribution in [2.45, 2.75) is 24.3 Å². The zero-order chi connectivity index (χ0) is 17.9. The maximum absolute atomic E-state index is 12.6. The maximum Gasteiger partial charge on any atom is 0.246 e. The van der Waals surface area contributed by atoms with Crippen molar-refractivity contribution in [1.82, 2.24) is 0 Å². The first-order valence-corrected chi connectivity index (χ1v) is 11.0. The van der Waals surface area contributed by atoms with Gasteiger partial charge in [-0.15, -0.1) is 0 Å². The van der Waals surface area contributed by atoms with E-state index < -0.39 is 0 Å². The smallest absolute Gasteiger partial charge is 0.246 e. The zero-order valence-corrected chi connectivity index (χ0v) is 16.0. The van der Waals surface area contributed by atoms with Gasteiger partial charge in [-0.05, 0) is 35.4 Å². The van der Waals surface area contributed by atoms with E-state index in [9.17, 15) is 9.59 Å². The van der Waals surface area contributed by atoms with Crippen LogP contribution in [0.4, 0.5) is 11.4 Å². The van der Waals surface area contributed by atoms with E-state index in [4.69, 9.17) is 0 Å². The SMILES string of the molecule is O=C1CCC(=O)N2c3ccc(cc3)CSCCSCc3ccc(cc3)N12. The van der Waals surface area contributed by atoms with Gasteiger partial charge in [-0.25, -0.2) is 10.0 Å². The lowest BCUT2D eigenvalue weighted by Crippen LogP contribution is -2.54. The third-order valence-electron chi connectivity index (χ3n) is 4.50. The molecule has 1 fully saturated rings. The van der Waals surface area contributed by atoms with Gasteiger partial charge in [0.05, 0.1) is 11.4 Å². The number of nitrogens with zero attached hydrogens (tertiary/aromatic N) is 2. The van der Waals surface area contributed by atoms with Gasteiger partial charge in [-0.2, -0.15) is 23.5 Å². The summed E-state index contributed by atoms with van der Waals surface area (Å²) in [6.45, 7) is 0. The van der Waals surface area contributed by atoms with E-state index >= 15 is 0 Å². The van der Waals surface area contributed by atoms with Crippen molar-refractivity contribution in [1.29, 1.82) is 0 Å². The molecule has 6 heteroatoms. The van der Waals surface area contributed by atoms with E-state index in [0.29, 0.717) is 0 Å². The Bertz CT molecular complexity index is 736. The fourth-order valence-corrected chi connectivity index (χ4v) is 5.22. The van der Waals surface area contributed by atoms with Gasteiger partial charge < -0.3 is 0 Å². The molecule has 0 saturated carbocycles. The van der Waals surface area contributed by atoms with Crippen LogP contribution in [-0.4, -0.2) is 23.3 Å². The third-order valence-corrected chi connectivity index (χ3v) is 6.82. The first kappa shape index (κ1) is 17.5. The van der Waals surface area contributed by atoms with Gasteiger partial charge >= 0.3 is 0 Å². The van der Waals surface area contributed by atoms with Crippen LogP contribution in [0.3, 0.4) is 0 Å². The van der Waals surface area contributed by atoms with Crippen LogP contribution in [0.15, 0.2) is 48.5 Å². The predicted molar refractivity (Wildman–Crippen MR) is 109 cm³/mol. The largest absolute Gasteiger partial charge is 0.273 e. The van der Waals surface area contributed by atoms with Crippen LogP contribution < -0.4 is 10.0 Å². The molecule has 0 spiro atoms. The quantitative estimate of drug-likeness (QED) is 0.681. The van der Waals surface area contributed by atoms with Crippen molar-refractivity contribution in [2.24, 2.45) is 0 Å². The molecule has 0 N–H and O–H groups in total. The maximum atomic E-state index is 12.6. The molecule has 4 nitrogen and oxygen atoms in total. The summed E-state index contributed by atoms with van der Waals surface area (Å²) in [5, 5.41) is 3.05. The number of anilines is 2. The highest BCUT2D eigenvalue weighted by Gasteiger charge is 2.33. The van der Waals surface area contributed by atoms with E-state index in [1.807, 2.05) is 47.8 Å². The topological polar surface area (TPSA) is 40.6 Å². The minimum Gasteiger partial charge on any atom is -0.273 e. The Morgan fingerprint density at radius 2 is 1.00 bits per heavy atom. The zero-order valence-electron chi connectivity index (χ0n) is 14.4. The van der Waals surface area contributed by atoms with E-state index in [1.165, 1.54) is 21.1 Å². The summed E-state index contributed by atoms with van der Waals surface area (Å²) in [6.07, 6.45) is 0.503. The molecule has 2 aromatic rings. The molecule has 0 aromatic heterocycles. The second kappa shape index (κ2) is 7.76. The minimum atomic E-state index is -0.0486. The first-order valence-electron chi connectivity index (χ1n) is 8.71. The summed E-state index contributed by atoms with van der Waals surface area (Å²) in [7, 11) is 0. The van der Waals surface area contributed by atoms with Crippen molar-refractivity contribution in [3.63, 3.8) is 0 Å². The summed E-state index contributed by atoms with van der Waals surface area (Å²) in [6, 6.07) is 16.0. The first-order chi connectivity index (χ1) is 12.7. The van der Waals surface area contributed by atoms with Gasteiger partial charge in [-0.3, -0.25) is 9.59 Å². The van der Waals surface area contributed by atoms with Crippen LogP contribution in [0.2, 0.25) is 0 Å². The normalized spacial score (nSPS) is 18.3. The monoisotopic (exact) mass is 384 g/mol. The summed E-state index contributed by atoms with van der Waals surface area (Å²) in [4.78, 5) is 25.3. The lowest BCUT2D eigenvalue weighted by Gasteiger charge is -2.38. The summed E-state index contributed by atoms with van der Waals surface area (Å²) < 4.78 is 0. The second-order valence-electron chi connectivity index (χ2n) is 6.35. The van der Waals surface area contributed by atoms with Crippen molar-refractivity contribution < 1.29 is 9.59 Å². The van der Waals surface area contributed by atoms with Gasteiger partial charge in [-0.1, -0.05) is 24.3 Å². The standard InChI is InChI=1S/C20H20N2O2S2/c23-19-9-10-20(24)22-18-7-3-16(4-8-18)14-26-12-11-25-13-15-1-5-17(6-2-15)21(19)22/h1-8H,9-14H2. The molecule has 0 aliphatic carbocycles. The van der Waals surface area contributed by atoms with Crippen molar-refractivity contribution >= 4 is 46.7 Å². The highest BCUT2D eigenvalue weighted by Crippen LogP contribution is 2.30. The number of thioether (sulfide) groups is 2. The Kier molecular flexibility index (Phi) is 5.22. The number of carbonyl (C=O) groups excluding carboxylic acids is 2. The fourth-order valence-electron chi connectivity index (χ4n) is 3.13. The number of hydrogen-bond acceptors (Lipinski definition) is 4. The average molecular weight is 385 g/mol. The van der Waals surface area contributed by atoms with Crippen LogP contribution in [-0.2, 0) is 21.1 Å². The molecule has 5 aliphatic rings. The molecule has 2 aromatic carbocycles. The van der Waals surface area contributed by atoms with E-state index in [2.05, 4.69) is 24.3 Å². The Morgan fingerprint density at radius 1 is 0.615 bits per heavy atom. The molecule has 4 bridgehead atoms. The molecular weight excluding hydrogens is 364 g/mol. The van der Waals surface area contributed by atoms with E-state index in [-0.39, 0.29) is 24.7 Å². The number of hydrazine groups is 1. The number of rotatable bonds is 0. The number of benzene rings is 2. The molecule has 134 valence electrons. The Hall–Kier alpha value is -1.92. The second-order valence-corrected chi connectivity index (χ2v) is 8.56. The van der Waals surface area contributed by atoms with Crippen LogP contribution in [0.5, 0.6) is 0 Å². The Labute approximate surface area is 161 Å². The summed E-state index contributed by atoms with van der Waals surface area (Å²) in [5.74, 6) is 4.07. The highest BCUT2D eigenvalue weighted by atomic mass is 32.2.